The molecule has 1 fully saturated rings. The standard InChI is InChI=1S/C18H22FN3O2/c1-11-16(12(2)21-20-11)18(24)22-9-7-14(8-10-22)17(23)13-3-5-15(19)6-4-13/h3-6,14,17,23H,7-10H2,1-2H3,(H,20,21). The van der Waals surface area contributed by atoms with Gasteiger partial charge >= 0.3 is 0 Å². The first kappa shape index (κ1) is 16.6. The predicted molar refractivity (Wildman–Crippen MR) is 88.0 cm³/mol. The molecule has 1 saturated heterocycles. The Kier molecular flexibility index (Phi) is 4.66. The number of nitrogens with one attached hydrogen (secondary N) is 1. The fraction of sp³-hybridized carbons (Fsp3) is 0.444. The summed E-state index contributed by atoms with van der Waals surface area (Å²) in [6, 6.07) is 5.97. The van der Waals surface area contributed by atoms with Crippen LogP contribution in [0, 0.1) is 25.6 Å². The normalized spacial score (nSPS) is 17.1. The number of carbonyl (C=O) groups excluding carboxylic acids is 1. The number of aryl methyl sites for hydroxylation is 2. The molecule has 1 aliphatic heterocycles. The molecule has 1 aromatic heterocycles. The summed E-state index contributed by atoms with van der Waals surface area (Å²) in [5.41, 5.74) is 2.87. The fourth-order valence-corrected chi connectivity index (χ4v) is 3.37. The lowest BCUT2D eigenvalue weighted by Crippen LogP contribution is -2.40. The highest BCUT2D eigenvalue weighted by Crippen LogP contribution is 2.31. The largest absolute Gasteiger partial charge is 0.388 e. The van der Waals surface area contributed by atoms with Crippen LogP contribution in [0.1, 0.15) is 46.3 Å². The zero-order chi connectivity index (χ0) is 17.3. The number of piperidine rings is 1. The lowest BCUT2D eigenvalue weighted by Gasteiger charge is -2.34. The number of aliphatic hydroxyl groups excluding tert-OH is 1. The molecule has 128 valence electrons. The SMILES string of the molecule is Cc1n[nH]c(C)c1C(=O)N1CCC(C(O)c2ccc(F)cc2)CC1. The first-order chi connectivity index (χ1) is 11.5. The van der Waals surface area contributed by atoms with Crippen molar-refractivity contribution >= 4 is 5.91 Å². The summed E-state index contributed by atoms with van der Waals surface area (Å²) in [5.74, 6) is -0.239. The molecule has 1 aliphatic rings. The van der Waals surface area contributed by atoms with Gasteiger partial charge < -0.3 is 10.0 Å². The smallest absolute Gasteiger partial charge is 0.257 e. The van der Waals surface area contributed by atoms with E-state index in [2.05, 4.69) is 10.2 Å². The van der Waals surface area contributed by atoms with E-state index in [4.69, 9.17) is 0 Å². The van der Waals surface area contributed by atoms with Crippen molar-refractivity contribution in [3.05, 3.63) is 52.6 Å². The Morgan fingerprint density at radius 3 is 2.46 bits per heavy atom. The number of H-pyrrole nitrogens is 1. The van der Waals surface area contributed by atoms with E-state index in [0.29, 0.717) is 24.3 Å². The number of halogens is 1. The summed E-state index contributed by atoms with van der Waals surface area (Å²) >= 11 is 0. The molecule has 1 atom stereocenters. The Balaban J connectivity index is 1.63. The van der Waals surface area contributed by atoms with Crippen LogP contribution in [-0.4, -0.2) is 39.2 Å². The summed E-state index contributed by atoms with van der Waals surface area (Å²) in [6.07, 6.45) is 0.820. The van der Waals surface area contributed by atoms with Crippen LogP contribution in [0.25, 0.3) is 0 Å². The third kappa shape index (κ3) is 3.19. The summed E-state index contributed by atoms with van der Waals surface area (Å²) in [4.78, 5) is 14.5. The van der Waals surface area contributed by atoms with Crippen LogP contribution >= 0.6 is 0 Å². The monoisotopic (exact) mass is 331 g/mol. The van der Waals surface area contributed by atoms with Gasteiger partial charge in [0, 0.05) is 18.8 Å². The molecule has 3 rings (SSSR count). The van der Waals surface area contributed by atoms with Crippen molar-refractivity contribution in [1.82, 2.24) is 15.1 Å². The second-order valence-electron chi connectivity index (χ2n) is 6.44. The van der Waals surface area contributed by atoms with Gasteiger partial charge in [0.2, 0.25) is 0 Å². The first-order valence-corrected chi connectivity index (χ1v) is 8.21. The number of aliphatic hydroxyl groups is 1. The maximum Gasteiger partial charge on any atom is 0.257 e. The minimum atomic E-state index is -0.625. The Labute approximate surface area is 140 Å². The Morgan fingerprint density at radius 1 is 1.29 bits per heavy atom. The van der Waals surface area contributed by atoms with Gasteiger partial charge in [-0.25, -0.2) is 4.39 Å². The molecular formula is C18H22FN3O2. The van der Waals surface area contributed by atoms with Gasteiger partial charge in [-0.1, -0.05) is 12.1 Å². The van der Waals surface area contributed by atoms with Crippen LogP contribution < -0.4 is 0 Å². The van der Waals surface area contributed by atoms with Gasteiger partial charge in [-0.3, -0.25) is 9.89 Å². The van der Waals surface area contributed by atoms with E-state index in [1.54, 1.807) is 12.1 Å². The average Bonchev–Trinajstić information content (AvgIpc) is 2.93. The highest BCUT2D eigenvalue weighted by molar-refractivity contribution is 5.96. The minimum absolute atomic E-state index is 0.00604. The summed E-state index contributed by atoms with van der Waals surface area (Å²) in [7, 11) is 0. The number of amides is 1. The molecule has 0 bridgehead atoms. The maximum atomic E-state index is 13.0. The van der Waals surface area contributed by atoms with Gasteiger partial charge in [0.15, 0.2) is 0 Å². The van der Waals surface area contributed by atoms with Crippen molar-refractivity contribution < 1.29 is 14.3 Å². The van der Waals surface area contributed by atoms with Gasteiger partial charge in [-0.05, 0) is 50.3 Å². The molecule has 5 nitrogen and oxygen atoms in total. The number of nitrogens with zero attached hydrogens (tertiary/aromatic N) is 2. The number of benzene rings is 1. The van der Waals surface area contributed by atoms with Crippen molar-refractivity contribution in [1.29, 1.82) is 0 Å². The van der Waals surface area contributed by atoms with E-state index in [1.807, 2.05) is 18.7 Å². The quantitative estimate of drug-likeness (QED) is 0.908. The first-order valence-electron chi connectivity index (χ1n) is 8.21. The molecule has 24 heavy (non-hydrogen) atoms. The minimum Gasteiger partial charge on any atom is -0.388 e. The van der Waals surface area contributed by atoms with Crippen LogP contribution in [0.2, 0.25) is 0 Å². The molecular weight excluding hydrogens is 309 g/mol. The van der Waals surface area contributed by atoms with Crippen LogP contribution in [-0.2, 0) is 0 Å². The molecule has 0 spiro atoms. The molecule has 0 aliphatic carbocycles. The zero-order valence-corrected chi connectivity index (χ0v) is 13.9. The average molecular weight is 331 g/mol. The molecule has 6 heteroatoms. The second kappa shape index (κ2) is 6.73. The van der Waals surface area contributed by atoms with Gasteiger partial charge in [0.25, 0.3) is 5.91 Å². The Hall–Kier alpha value is -2.21. The van der Waals surface area contributed by atoms with Crippen molar-refractivity contribution in [2.45, 2.75) is 32.8 Å². The van der Waals surface area contributed by atoms with Crippen LogP contribution in [0.5, 0.6) is 0 Å². The number of rotatable bonds is 3. The van der Waals surface area contributed by atoms with Gasteiger partial charge in [-0.15, -0.1) is 0 Å². The van der Waals surface area contributed by atoms with Crippen molar-refractivity contribution in [2.24, 2.45) is 5.92 Å². The number of hydrogen-bond acceptors (Lipinski definition) is 3. The zero-order valence-electron chi connectivity index (χ0n) is 13.9. The molecule has 0 radical (unpaired) electrons. The van der Waals surface area contributed by atoms with Crippen LogP contribution in [0.3, 0.4) is 0 Å². The number of likely N-dealkylation sites (tertiary alicyclic amines) is 1. The van der Waals surface area contributed by atoms with E-state index in [-0.39, 0.29) is 17.6 Å². The second-order valence-corrected chi connectivity index (χ2v) is 6.44. The molecule has 1 unspecified atom stereocenters. The highest BCUT2D eigenvalue weighted by atomic mass is 19.1. The number of aromatic nitrogens is 2. The molecule has 2 aromatic rings. The van der Waals surface area contributed by atoms with Crippen molar-refractivity contribution in [3.8, 4) is 0 Å². The molecule has 1 aromatic carbocycles. The van der Waals surface area contributed by atoms with Crippen LogP contribution in [0.15, 0.2) is 24.3 Å². The number of aromatic amines is 1. The van der Waals surface area contributed by atoms with E-state index >= 15 is 0 Å². The third-order valence-electron chi connectivity index (χ3n) is 4.83. The van der Waals surface area contributed by atoms with E-state index < -0.39 is 6.10 Å². The molecule has 2 N–H and O–H groups in total. The van der Waals surface area contributed by atoms with E-state index in [9.17, 15) is 14.3 Å². The fourth-order valence-electron chi connectivity index (χ4n) is 3.37. The van der Waals surface area contributed by atoms with Gasteiger partial charge in [0.05, 0.1) is 17.4 Å². The Morgan fingerprint density at radius 2 is 1.92 bits per heavy atom. The molecule has 1 amide bonds. The number of carbonyl (C=O) groups is 1. The lowest BCUT2D eigenvalue weighted by molar-refractivity contribution is 0.0461. The summed E-state index contributed by atoms with van der Waals surface area (Å²) in [5, 5.41) is 17.4. The summed E-state index contributed by atoms with van der Waals surface area (Å²) in [6.45, 7) is 4.87. The number of hydrogen-bond donors (Lipinski definition) is 2. The summed E-state index contributed by atoms with van der Waals surface area (Å²) < 4.78 is 13.0. The topological polar surface area (TPSA) is 69.2 Å². The molecule has 2 heterocycles. The van der Waals surface area contributed by atoms with E-state index in [1.165, 1.54) is 12.1 Å². The molecule has 0 saturated carbocycles. The van der Waals surface area contributed by atoms with Gasteiger partial charge in [0.1, 0.15) is 5.82 Å². The predicted octanol–water partition coefficient (Wildman–Crippen LogP) is 2.75. The lowest BCUT2D eigenvalue weighted by atomic mass is 9.87. The Bertz CT molecular complexity index is 699. The van der Waals surface area contributed by atoms with Crippen molar-refractivity contribution in [3.63, 3.8) is 0 Å². The van der Waals surface area contributed by atoms with Crippen molar-refractivity contribution in [2.75, 3.05) is 13.1 Å². The highest BCUT2D eigenvalue weighted by Gasteiger charge is 2.30. The maximum absolute atomic E-state index is 13.0. The third-order valence-corrected chi connectivity index (χ3v) is 4.83. The van der Waals surface area contributed by atoms with Crippen LogP contribution in [0.4, 0.5) is 4.39 Å². The van der Waals surface area contributed by atoms with Gasteiger partial charge in [-0.2, -0.15) is 5.10 Å². The van der Waals surface area contributed by atoms with E-state index in [0.717, 1.165) is 24.1 Å².